The fraction of sp³-hybridized carbons (Fsp3) is 0.222. The van der Waals surface area contributed by atoms with Gasteiger partial charge in [-0.25, -0.2) is 4.39 Å². The van der Waals surface area contributed by atoms with Crippen LogP contribution in [0, 0.1) is 5.82 Å². The van der Waals surface area contributed by atoms with Crippen LogP contribution in [-0.4, -0.2) is 12.1 Å². The van der Waals surface area contributed by atoms with Crippen molar-refractivity contribution >= 4 is 5.97 Å². The van der Waals surface area contributed by atoms with Crippen LogP contribution in [0.3, 0.4) is 0 Å². The van der Waals surface area contributed by atoms with Gasteiger partial charge in [0.05, 0.1) is 5.97 Å². The van der Waals surface area contributed by atoms with E-state index in [-0.39, 0.29) is 0 Å². The van der Waals surface area contributed by atoms with Crippen LogP contribution in [0.4, 0.5) is 4.39 Å². The van der Waals surface area contributed by atoms with E-state index in [0.29, 0.717) is 5.75 Å². The molecule has 0 saturated heterocycles. The predicted octanol–water partition coefficient (Wildman–Crippen LogP) is 0.343. The quantitative estimate of drug-likeness (QED) is 0.679. The number of carboxylic acid groups (broad SMARTS) is 1. The molecule has 0 N–H and O–H groups in total. The number of hydrogen-bond donors (Lipinski definition) is 0. The van der Waals surface area contributed by atoms with Gasteiger partial charge < -0.3 is 14.6 Å². The molecule has 70 valence electrons. The lowest BCUT2D eigenvalue weighted by Gasteiger charge is -2.14. The van der Waals surface area contributed by atoms with Crippen molar-refractivity contribution in [2.75, 3.05) is 0 Å². The van der Waals surface area contributed by atoms with E-state index in [0.717, 1.165) is 0 Å². The Morgan fingerprint density at radius 2 is 2.00 bits per heavy atom. The maximum atomic E-state index is 12.4. The fourth-order valence-electron chi connectivity index (χ4n) is 0.765. The highest BCUT2D eigenvalue weighted by molar-refractivity contribution is 5.69. The Bertz CT molecular complexity index is 294. The molecule has 0 spiro atoms. The molecule has 1 atom stereocenters. The molecule has 0 fully saturated rings. The third kappa shape index (κ3) is 2.74. The first-order chi connectivity index (χ1) is 6.09. The Morgan fingerprint density at radius 1 is 1.46 bits per heavy atom. The summed E-state index contributed by atoms with van der Waals surface area (Å²) >= 11 is 0. The van der Waals surface area contributed by atoms with Gasteiger partial charge in [0.25, 0.3) is 0 Å². The summed E-state index contributed by atoms with van der Waals surface area (Å²) in [4.78, 5) is 10.3. The number of halogens is 1. The van der Waals surface area contributed by atoms with Crippen molar-refractivity contribution in [2.45, 2.75) is 13.0 Å². The van der Waals surface area contributed by atoms with Crippen molar-refractivity contribution in [3.8, 4) is 5.75 Å². The lowest BCUT2D eigenvalue weighted by atomic mass is 10.3. The number of aliphatic carboxylic acids is 1. The van der Waals surface area contributed by atoms with Crippen LogP contribution in [0.5, 0.6) is 5.75 Å². The number of hydrogen-bond acceptors (Lipinski definition) is 3. The molecule has 0 aliphatic heterocycles. The SMILES string of the molecule is C[C@@H](Oc1ccc(F)cc1)C(=O)[O-]. The van der Waals surface area contributed by atoms with Gasteiger partial charge in [-0.15, -0.1) is 0 Å². The molecule has 0 bridgehead atoms. The Morgan fingerprint density at radius 3 is 2.46 bits per heavy atom. The van der Waals surface area contributed by atoms with Gasteiger partial charge in [0.2, 0.25) is 0 Å². The molecule has 1 aromatic carbocycles. The zero-order valence-electron chi connectivity index (χ0n) is 6.99. The van der Waals surface area contributed by atoms with Gasteiger partial charge >= 0.3 is 0 Å². The van der Waals surface area contributed by atoms with Crippen molar-refractivity contribution in [1.29, 1.82) is 0 Å². The van der Waals surface area contributed by atoms with E-state index in [1.807, 2.05) is 0 Å². The highest BCUT2D eigenvalue weighted by atomic mass is 19.1. The smallest absolute Gasteiger partial charge is 0.135 e. The molecule has 1 rings (SSSR count). The largest absolute Gasteiger partial charge is 0.546 e. The van der Waals surface area contributed by atoms with Gasteiger partial charge in [0.15, 0.2) is 0 Å². The van der Waals surface area contributed by atoms with E-state index in [2.05, 4.69) is 0 Å². The molecular weight excluding hydrogens is 175 g/mol. The standard InChI is InChI=1S/C9H9FO3/c1-6(9(11)12)13-8-4-2-7(10)3-5-8/h2-6H,1H3,(H,11,12)/p-1/t6-/m1/s1. The van der Waals surface area contributed by atoms with Crippen molar-refractivity contribution in [3.05, 3.63) is 30.1 Å². The highest BCUT2D eigenvalue weighted by Crippen LogP contribution is 2.12. The summed E-state index contributed by atoms with van der Waals surface area (Å²) in [6.07, 6.45) is -1.04. The van der Waals surface area contributed by atoms with Gasteiger partial charge in [-0.3, -0.25) is 0 Å². The summed E-state index contributed by atoms with van der Waals surface area (Å²) in [5.74, 6) is -1.39. The minimum absolute atomic E-state index is 0.304. The summed E-state index contributed by atoms with van der Waals surface area (Å²) in [6.45, 7) is 1.35. The van der Waals surface area contributed by atoms with Gasteiger partial charge in [-0.05, 0) is 31.2 Å². The normalized spacial score (nSPS) is 12.2. The van der Waals surface area contributed by atoms with E-state index in [1.165, 1.54) is 31.2 Å². The minimum atomic E-state index is -1.30. The van der Waals surface area contributed by atoms with E-state index in [1.54, 1.807) is 0 Å². The molecule has 4 heteroatoms. The van der Waals surface area contributed by atoms with E-state index < -0.39 is 17.9 Å². The molecule has 0 heterocycles. The average molecular weight is 183 g/mol. The Balaban J connectivity index is 2.64. The van der Waals surface area contributed by atoms with Crippen molar-refractivity contribution < 1.29 is 19.0 Å². The number of carbonyl (C=O) groups excluding carboxylic acids is 1. The number of carbonyl (C=O) groups is 1. The van der Waals surface area contributed by atoms with Gasteiger partial charge in [0.1, 0.15) is 17.7 Å². The molecule has 1 aromatic rings. The number of ether oxygens (including phenoxy) is 1. The number of benzene rings is 1. The highest BCUT2D eigenvalue weighted by Gasteiger charge is 2.03. The lowest BCUT2D eigenvalue weighted by Crippen LogP contribution is -2.37. The summed E-state index contributed by atoms with van der Waals surface area (Å²) in [5, 5.41) is 10.3. The summed E-state index contributed by atoms with van der Waals surface area (Å²) in [5.41, 5.74) is 0. The van der Waals surface area contributed by atoms with Crippen LogP contribution in [0.2, 0.25) is 0 Å². The van der Waals surface area contributed by atoms with E-state index >= 15 is 0 Å². The molecule has 0 aliphatic rings. The zero-order valence-corrected chi connectivity index (χ0v) is 6.99. The van der Waals surface area contributed by atoms with Crippen LogP contribution in [0.15, 0.2) is 24.3 Å². The molecule has 3 nitrogen and oxygen atoms in total. The molecule has 0 aromatic heterocycles. The molecule has 0 aliphatic carbocycles. The topological polar surface area (TPSA) is 49.4 Å². The van der Waals surface area contributed by atoms with Gasteiger partial charge in [-0.2, -0.15) is 0 Å². The van der Waals surface area contributed by atoms with E-state index in [4.69, 9.17) is 4.74 Å². The van der Waals surface area contributed by atoms with Crippen LogP contribution in [0.1, 0.15) is 6.92 Å². The molecule has 13 heavy (non-hydrogen) atoms. The van der Waals surface area contributed by atoms with Crippen molar-refractivity contribution in [3.63, 3.8) is 0 Å². The molecule has 0 saturated carbocycles. The minimum Gasteiger partial charge on any atom is -0.546 e. The summed E-state index contributed by atoms with van der Waals surface area (Å²) < 4.78 is 17.3. The number of carboxylic acids is 1. The number of rotatable bonds is 3. The Kier molecular flexibility index (Phi) is 2.84. The van der Waals surface area contributed by atoms with Crippen molar-refractivity contribution in [1.82, 2.24) is 0 Å². The first-order valence-corrected chi connectivity index (χ1v) is 3.72. The monoisotopic (exact) mass is 183 g/mol. The second-order valence-corrected chi connectivity index (χ2v) is 2.53. The van der Waals surface area contributed by atoms with E-state index in [9.17, 15) is 14.3 Å². The van der Waals surface area contributed by atoms with Crippen LogP contribution in [0.25, 0.3) is 0 Å². The zero-order chi connectivity index (χ0) is 9.84. The fourth-order valence-corrected chi connectivity index (χ4v) is 0.765. The first kappa shape index (κ1) is 9.51. The molecule has 0 amide bonds. The Labute approximate surface area is 74.8 Å². The maximum absolute atomic E-state index is 12.4. The summed E-state index contributed by atoms with van der Waals surface area (Å²) in [7, 11) is 0. The second kappa shape index (κ2) is 3.89. The van der Waals surface area contributed by atoms with Crippen LogP contribution >= 0.6 is 0 Å². The molecule has 0 radical (unpaired) electrons. The third-order valence-corrected chi connectivity index (χ3v) is 1.46. The summed E-state index contributed by atoms with van der Waals surface area (Å²) in [6, 6.07) is 5.10. The van der Waals surface area contributed by atoms with Gasteiger partial charge in [-0.1, -0.05) is 0 Å². The van der Waals surface area contributed by atoms with Crippen LogP contribution < -0.4 is 9.84 Å². The maximum Gasteiger partial charge on any atom is 0.135 e. The predicted molar refractivity (Wildman–Crippen MR) is 41.5 cm³/mol. The molecular formula is C9H8FO3-. The third-order valence-electron chi connectivity index (χ3n) is 1.46. The second-order valence-electron chi connectivity index (χ2n) is 2.53. The first-order valence-electron chi connectivity index (χ1n) is 3.72. The Hall–Kier alpha value is -1.58. The molecule has 0 unspecified atom stereocenters. The van der Waals surface area contributed by atoms with Crippen molar-refractivity contribution in [2.24, 2.45) is 0 Å². The van der Waals surface area contributed by atoms with Gasteiger partial charge in [0, 0.05) is 0 Å². The van der Waals surface area contributed by atoms with Crippen LogP contribution in [-0.2, 0) is 4.79 Å². The average Bonchev–Trinajstić information content (AvgIpc) is 2.08. The lowest BCUT2D eigenvalue weighted by molar-refractivity contribution is -0.312.